The van der Waals surface area contributed by atoms with Gasteiger partial charge in [-0.05, 0) is 23.8 Å². The van der Waals surface area contributed by atoms with Crippen LogP contribution in [0.1, 0.15) is 17.2 Å². The van der Waals surface area contributed by atoms with Gasteiger partial charge in [0.1, 0.15) is 11.6 Å². The molecular formula is C13H12ClFN2O. The molecule has 1 aromatic carbocycles. The van der Waals surface area contributed by atoms with E-state index in [1.165, 1.54) is 18.2 Å². The van der Waals surface area contributed by atoms with Crippen molar-refractivity contribution in [2.24, 2.45) is 0 Å². The molecule has 0 bridgehead atoms. The van der Waals surface area contributed by atoms with Crippen molar-refractivity contribution < 1.29 is 9.50 Å². The molecule has 5 heteroatoms. The first kappa shape index (κ1) is 12.8. The summed E-state index contributed by atoms with van der Waals surface area (Å²) in [5.74, 6) is -0.207. The van der Waals surface area contributed by atoms with Gasteiger partial charge >= 0.3 is 0 Å². The van der Waals surface area contributed by atoms with E-state index in [9.17, 15) is 9.50 Å². The van der Waals surface area contributed by atoms with Crippen LogP contribution in [-0.2, 0) is 6.42 Å². The summed E-state index contributed by atoms with van der Waals surface area (Å²) in [5, 5.41) is 10.3. The first-order chi connectivity index (χ1) is 8.59. The van der Waals surface area contributed by atoms with Gasteiger partial charge in [0.15, 0.2) is 0 Å². The Morgan fingerprint density at radius 1 is 1.33 bits per heavy atom. The number of rotatable bonds is 3. The Morgan fingerprint density at radius 3 is 2.78 bits per heavy atom. The number of nitrogens with two attached hydrogens (primary N) is 1. The minimum absolute atomic E-state index is 0.0856. The molecule has 0 radical (unpaired) electrons. The van der Waals surface area contributed by atoms with Crippen molar-refractivity contribution in [2.45, 2.75) is 12.5 Å². The van der Waals surface area contributed by atoms with E-state index in [0.29, 0.717) is 11.4 Å². The number of nitrogen functional groups attached to an aromatic ring is 1. The van der Waals surface area contributed by atoms with Crippen LogP contribution in [0.2, 0.25) is 5.02 Å². The highest BCUT2D eigenvalue weighted by atomic mass is 35.5. The molecule has 0 aliphatic carbocycles. The summed E-state index contributed by atoms with van der Waals surface area (Å²) in [5.41, 5.74) is 6.42. The van der Waals surface area contributed by atoms with E-state index in [4.69, 9.17) is 17.3 Å². The van der Waals surface area contributed by atoms with E-state index >= 15 is 0 Å². The first-order valence-corrected chi connectivity index (χ1v) is 5.78. The lowest BCUT2D eigenvalue weighted by molar-refractivity contribution is 0.174. The van der Waals surface area contributed by atoms with Crippen molar-refractivity contribution >= 4 is 17.4 Å². The van der Waals surface area contributed by atoms with Crippen LogP contribution in [0.3, 0.4) is 0 Å². The zero-order chi connectivity index (χ0) is 13.1. The minimum Gasteiger partial charge on any atom is -0.388 e. The second-order valence-electron chi connectivity index (χ2n) is 3.90. The molecule has 18 heavy (non-hydrogen) atoms. The van der Waals surface area contributed by atoms with Crippen molar-refractivity contribution in [3.8, 4) is 0 Å². The Morgan fingerprint density at radius 2 is 2.11 bits per heavy atom. The summed E-state index contributed by atoms with van der Waals surface area (Å²) in [4.78, 5) is 3.91. The number of anilines is 1. The van der Waals surface area contributed by atoms with E-state index in [0.717, 1.165) is 0 Å². The van der Waals surface area contributed by atoms with E-state index in [1.807, 2.05) is 0 Å². The van der Waals surface area contributed by atoms with Gasteiger partial charge in [0, 0.05) is 23.2 Å². The Bertz CT molecular complexity index is 542. The van der Waals surface area contributed by atoms with Gasteiger partial charge in [0.25, 0.3) is 0 Å². The lowest BCUT2D eigenvalue weighted by Crippen LogP contribution is -2.07. The second-order valence-corrected chi connectivity index (χ2v) is 4.31. The maximum absolute atomic E-state index is 13.6. The van der Waals surface area contributed by atoms with Gasteiger partial charge in [-0.25, -0.2) is 9.37 Å². The number of aromatic nitrogens is 1. The molecule has 0 aliphatic rings. The molecule has 0 saturated carbocycles. The highest BCUT2D eigenvalue weighted by Gasteiger charge is 2.18. The monoisotopic (exact) mass is 266 g/mol. The molecule has 0 spiro atoms. The van der Waals surface area contributed by atoms with Crippen LogP contribution < -0.4 is 5.73 Å². The maximum atomic E-state index is 13.6. The molecule has 1 heterocycles. The van der Waals surface area contributed by atoms with Crippen molar-refractivity contribution in [3.05, 3.63) is 58.5 Å². The molecule has 94 valence electrons. The zero-order valence-electron chi connectivity index (χ0n) is 9.48. The molecule has 1 aromatic heterocycles. The van der Waals surface area contributed by atoms with Gasteiger partial charge in [0.2, 0.25) is 0 Å². The smallest absolute Gasteiger partial charge is 0.130 e. The molecular weight excluding hydrogens is 255 g/mol. The third-order valence-corrected chi connectivity index (χ3v) is 3.00. The maximum Gasteiger partial charge on any atom is 0.130 e. The summed E-state index contributed by atoms with van der Waals surface area (Å²) in [6.45, 7) is 0. The topological polar surface area (TPSA) is 59.1 Å². The third kappa shape index (κ3) is 2.60. The summed E-state index contributed by atoms with van der Waals surface area (Å²) >= 11 is 5.88. The van der Waals surface area contributed by atoms with Gasteiger partial charge in [-0.2, -0.15) is 0 Å². The molecule has 1 atom stereocenters. The zero-order valence-corrected chi connectivity index (χ0v) is 10.2. The molecule has 1 unspecified atom stereocenters. The molecule has 2 rings (SSSR count). The number of aliphatic hydroxyl groups is 1. The van der Waals surface area contributed by atoms with Crippen molar-refractivity contribution in [3.63, 3.8) is 0 Å². The van der Waals surface area contributed by atoms with E-state index in [1.54, 1.807) is 18.3 Å². The highest BCUT2D eigenvalue weighted by molar-refractivity contribution is 6.31. The van der Waals surface area contributed by atoms with E-state index < -0.39 is 11.9 Å². The number of halogens is 2. The van der Waals surface area contributed by atoms with Gasteiger partial charge in [-0.3, -0.25) is 0 Å². The van der Waals surface area contributed by atoms with Crippen LogP contribution >= 0.6 is 11.6 Å². The van der Waals surface area contributed by atoms with Crippen LogP contribution in [0.4, 0.5) is 10.2 Å². The first-order valence-electron chi connectivity index (χ1n) is 5.41. The van der Waals surface area contributed by atoms with Crippen molar-refractivity contribution in [1.82, 2.24) is 4.98 Å². The van der Waals surface area contributed by atoms with Crippen LogP contribution in [0, 0.1) is 5.82 Å². The summed E-state index contributed by atoms with van der Waals surface area (Å²) < 4.78 is 13.6. The molecule has 0 saturated heterocycles. The number of nitrogens with zero attached hydrogens (tertiary/aromatic N) is 1. The third-order valence-electron chi connectivity index (χ3n) is 2.67. The normalized spacial score (nSPS) is 12.4. The predicted molar refractivity (Wildman–Crippen MR) is 68.7 cm³/mol. The Hall–Kier alpha value is -1.65. The van der Waals surface area contributed by atoms with Gasteiger partial charge in [-0.15, -0.1) is 0 Å². The summed E-state index contributed by atoms with van der Waals surface area (Å²) in [6, 6.07) is 7.74. The molecule has 0 aliphatic heterocycles. The number of hydrogen-bond donors (Lipinski definition) is 2. The van der Waals surface area contributed by atoms with Gasteiger partial charge < -0.3 is 10.8 Å². The second kappa shape index (κ2) is 5.33. The highest BCUT2D eigenvalue weighted by Crippen LogP contribution is 2.28. The largest absolute Gasteiger partial charge is 0.388 e. The van der Waals surface area contributed by atoms with Crippen LogP contribution in [-0.4, -0.2) is 10.1 Å². The number of aliphatic hydroxyl groups excluding tert-OH is 1. The van der Waals surface area contributed by atoms with E-state index in [2.05, 4.69) is 4.98 Å². The average molecular weight is 267 g/mol. The molecule has 2 aromatic rings. The quantitative estimate of drug-likeness (QED) is 0.898. The van der Waals surface area contributed by atoms with Crippen molar-refractivity contribution in [1.29, 1.82) is 0 Å². The molecule has 0 fully saturated rings. The van der Waals surface area contributed by atoms with Crippen LogP contribution in [0.25, 0.3) is 0 Å². The van der Waals surface area contributed by atoms with E-state index in [-0.39, 0.29) is 17.0 Å². The Labute approximate surface area is 109 Å². The SMILES string of the molecule is Nc1ncccc1CC(O)c1c(F)cccc1Cl. The lowest BCUT2D eigenvalue weighted by Gasteiger charge is -2.14. The Balaban J connectivity index is 2.28. The lowest BCUT2D eigenvalue weighted by atomic mass is 10.0. The van der Waals surface area contributed by atoms with Crippen LogP contribution in [0.15, 0.2) is 36.5 Å². The number of hydrogen-bond acceptors (Lipinski definition) is 3. The number of benzene rings is 1. The minimum atomic E-state index is -1.05. The van der Waals surface area contributed by atoms with Gasteiger partial charge in [0.05, 0.1) is 6.10 Å². The molecule has 3 nitrogen and oxygen atoms in total. The fourth-order valence-corrected chi connectivity index (χ4v) is 2.05. The Kier molecular flexibility index (Phi) is 3.79. The average Bonchev–Trinajstić information content (AvgIpc) is 2.32. The predicted octanol–water partition coefficient (Wildman–Crippen LogP) is 2.73. The summed E-state index contributed by atoms with van der Waals surface area (Å²) in [6.07, 6.45) is 0.673. The van der Waals surface area contributed by atoms with Crippen LogP contribution in [0.5, 0.6) is 0 Å². The molecule has 0 amide bonds. The van der Waals surface area contributed by atoms with Gasteiger partial charge in [-0.1, -0.05) is 23.7 Å². The fraction of sp³-hybridized carbons (Fsp3) is 0.154. The number of pyridine rings is 1. The summed E-state index contributed by atoms with van der Waals surface area (Å²) in [7, 11) is 0. The fourth-order valence-electron chi connectivity index (χ4n) is 1.76. The van der Waals surface area contributed by atoms with Crippen molar-refractivity contribution in [2.75, 3.05) is 5.73 Å². The molecule has 3 N–H and O–H groups in total. The standard InChI is InChI=1S/C13H12ClFN2O/c14-9-4-1-5-10(15)12(9)11(18)7-8-3-2-6-17-13(8)16/h1-6,11,18H,7H2,(H2,16,17).